The van der Waals surface area contributed by atoms with Gasteiger partial charge in [-0.25, -0.2) is 4.98 Å². The Labute approximate surface area is 122 Å². The van der Waals surface area contributed by atoms with E-state index < -0.39 is 0 Å². The van der Waals surface area contributed by atoms with Crippen molar-refractivity contribution in [2.75, 3.05) is 25.6 Å². The zero-order valence-electron chi connectivity index (χ0n) is 11.8. The van der Waals surface area contributed by atoms with Crippen LogP contribution >= 0.6 is 0 Å². The number of H-pyrrole nitrogens is 1. The van der Waals surface area contributed by atoms with Crippen LogP contribution in [0.15, 0.2) is 48.8 Å². The Morgan fingerprint density at radius 3 is 3.00 bits per heavy atom. The normalized spacial score (nSPS) is 10.7. The number of benzene rings is 1. The number of pyridine rings is 1. The fraction of sp³-hybridized carbons (Fsp3) is 0.188. The van der Waals surface area contributed by atoms with Gasteiger partial charge >= 0.3 is 0 Å². The molecule has 0 aliphatic heterocycles. The molecule has 5 nitrogen and oxygen atoms in total. The van der Waals surface area contributed by atoms with Crippen molar-refractivity contribution in [3.63, 3.8) is 0 Å². The zero-order valence-corrected chi connectivity index (χ0v) is 11.8. The zero-order chi connectivity index (χ0) is 14.5. The topological polar surface area (TPSA) is 59.2 Å². The van der Waals surface area contributed by atoms with Gasteiger partial charge < -0.3 is 19.8 Å². The third-order valence-corrected chi connectivity index (χ3v) is 3.08. The number of anilines is 2. The quantitative estimate of drug-likeness (QED) is 0.681. The number of rotatable bonds is 6. The second kappa shape index (κ2) is 6.28. The van der Waals surface area contributed by atoms with Crippen molar-refractivity contribution >= 4 is 22.4 Å². The number of hydrogen-bond acceptors (Lipinski definition) is 4. The third-order valence-electron chi connectivity index (χ3n) is 3.08. The second-order valence-corrected chi connectivity index (χ2v) is 4.63. The number of fused-ring (bicyclic) bond motifs is 1. The average Bonchev–Trinajstić information content (AvgIpc) is 2.95. The maximum absolute atomic E-state index is 5.60. The number of ether oxygens (including phenoxy) is 2. The highest BCUT2D eigenvalue weighted by Gasteiger charge is 2.01. The lowest BCUT2D eigenvalue weighted by Gasteiger charge is -2.09. The van der Waals surface area contributed by atoms with Crippen molar-refractivity contribution in [3.05, 3.63) is 48.8 Å². The minimum absolute atomic E-state index is 0.539. The van der Waals surface area contributed by atoms with Gasteiger partial charge in [-0.1, -0.05) is 6.07 Å². The summed E-state index contributed by atoms with van der Waals surface area (Å²) >= 11 is 0. The van der Waals surface area contributed by atoms with Gasteiger partial charge in [-0.3, -0.25) is 0 Å². The van der Waals surface area contributed by atoms with Crippen molar-refractivity contribution in [1.29, 1.82) is 0 Å². The first-order chi connectivity index (χ1) is 10.3. The van der Waals surface area contributed by atoms with Crippen LogP contribution in [0.4, 0.5) is 11.4 Å². The molecule has 1 aromatic carbocycles. The Morgan fingerprint density at radius 1 is 1.14 bits per heavy atom. The first-order valence-electron chi connectivity index (χ1n) is 6.77. The van der Waals surface area contributed by atoms with Gasteiger partial charge in [0.15, 0.2) is 0 Å². The van der Waals surface area contributed by atoms with Crippen molar-refractivity contribution in [2.45, 2.75) is 0 Å². The van der Waals surface area contributed by atoms with Crippen LogP contribution in [-0.4, -0.2) is 30.3 Å². The molecule has 0 spiro atoms. The van der Waals surface area contributed by atoms with Crippen molar-refractivity contribution in [2.24, 2.45) is 0 Å². The van der Waals surface area contributed by atoms with Crippen LogP contribution in [0.1, 0.15) is 0 Å². The van der Waals surface area contributed by atoms with Crippen LogP contribution in [-0.2, 0) is 4.74 Å². The van der Waals surface area contributed by atoms with Gasteiger partial charge in [0, 0.05) is 30.4 Å². The monoisotopic (exact) mass is 283 g/mol. The Kier molecular flexibility index (Phi) is 4.02. The molecule has 108 valence electrons. The van der Waals surface area contributed by atoms with E-state index in [0.29, 0.717) is 13.2 Å². The van der Waals surface area contributed by atoms with Crippen LogP contribution in [0, 0.1) is 0 Å². The van der Waals surface area contributed by atoms with Crippen LogP contribution in [0.25, 0.3) is 11.0 Å². The Hall–Kier alpha value is -2.53. The smallest absolute Gasteiger partial charge is 0.137 e. The summed E-state index contributed by atoms with van der Waals surface area (Å²) < 4.78 is 10.6. The van der Waals surface area contributed by atoms with Gasteiger partial charge in [-0.15, -0.1) is 0 Å². The van der Waals surface area contributed by atoms with Crippen LogP contribution in [0.2, 0.25) is 0 Å². The standard InChI is InChI=1S/C16H17N3O2/c1-20-7-8-21-15-4-2-3-13(10-15)19-14-9-12-5-6-17-16(12)18-11-14/h2-6,9-11,19H,7-8H2,1H3,(H,17,18). The Morgan fingerprint density at radius 2 is 2.10 bits per heavy atom. The van der Waals surface area contributed by atoms with E-state index in [-0.39, 0.29) is 0 Å². The van der Waals surface area contributed by atoms with E-state index in [2.05, 4.69) is 21.4 Å². The molecule has 0 amide bonds. The van der Waals surface area contributed by atoms with E-state index in [1.807, 2.05) is 36.5 Å². The molecule has 3 aromatic rings. The number of aromatic nitrogens is 2. The van der Waals surface area contributed by atoms with Gasteiger partial charge in [0.2, 0.25) is 0 Å². The number of nitrogens with zero attached hydrogens (tertiary/aromatic N) is 1. The molecule has 0 radical (unpaired) electrons. The summed E-state index contributed by atoms with van der Waals surface area (Å²) in [5.41, 5.74) is 2.79. The lowest BCUT2D eigenvalue weighted by Crippen LogP contribution is -2.04. The minimum atomic E-state index is 0.539. The molecule has 0 aliphatic carbocycles. The van der Waals surface area contributed by atoms with Crippen molar-refractivity contribution in [1.82, 2.24) is 9.97 Å². The molecule has 2 N–H and O–H groups in total. The van der Waals surface area contributed by atoms with Gasteiger partial charge in [0.1, 0.15) is 18.0 Å². The molecule has 0 aliphatic rings. The molecular formula is C16H17N3O2. The Balaban J connectivity index is 1.72. The fourth-order valence-electron chi connectivity index (χ4n) is 2.08. The summed E-state index contributed by atoms with van der Waals surface area (Å²) in [6.07, 6.45) is 3.68. The van der Waals surface area contributed by atoms with Crippen LogP contribution in [0.5, 0.6) is 5.75 Å². The second-order valence-electron chi connectivity index (χ2n) is 4.63. The van der Waals surface area contributed by atoms with Crippen molar-refractivity contribution in [3.8, 4) is 5.75 Å². The SMILES string of the molecule is COCCOc1cccc(Nc2cnc3[nH]ccc3c2)c1. The highest BCUT2D eigenvalue weighted by molar-refractivity contribution is 5.80. The molecule has 21 heavy (non-hydrogen) atoms. The van der Waals surface area contributed by atoms with Crippen LogP contribution in [0.3, 0.4) is 0 Å². The molecule has 2 heterocycles. The first-order valence-corrected chi connectivity index (χ1v) is 6.77. The third kappa shape index (κ3) is 3.32. The maximum Gasteiger partial charge on any atom is 0.137 e. The fourth-order valence-corrected chi connectivity index (χ4v) is 2.08. The Bertz CT molecular complexity index is 724. The maximum atomic E-state index is 5.60. The molecule has 0 atom stereocenters. The number of nitrogens with one attached hydrogen (secondary N) is 2. The summed E-state index contributed by atoms with van der Waals surface area (Å²) in [5, 5.41) is 4.41. The van der Waals surface area contributed by atoms with E-state index >= 15 is 0 Å². The summed E-state index contributed by atoms with van der Waals surface area (Å²) in [7, 11) is 1.66. The predicted molar refractivity (Wildman–Crippen MR) is 83.2 cm³/mol. The van der Waals surface area contributed by atoms with Gasteiger partial charge in [-0.2, -0.15) is 0 Å². The number of aromatic amines is 1. The number of hydrogen-bond donors (Lipinski definition) is 2. The highest BCUT2D eigenvalue weighted by Crippen LogP contribution is 2.23. The van der Waals surface area contributed by atoms with Crippen molar-refractivity contribution < 1.29 is 9.47 Å². The largest absolute Gasteiger partial charge is 0.491 e. The summed E-state index contributed by atoms with van der Waals surface area (Å²) in [5.74, 6) is 0.813. The molecule has 0 bridgehead atoms. The van der Waals surface area contributed by atoms with E-state index in [1.54, 1.807) is 13.3 Å². The predicted octanol–water partition coefficient (Wildman–Crippen LogP) is 3.33. The van der Waals surface area contributed by atoms with Crippen LogP contribution < -0.4 is 10.1 Å². The van der Waals surface area contributed by atoms with E-state index in [4.69, 9.17) is 9.47 Å². The number of methoxy groups -OCH3 is 1. The molecule has 0 fully saturated rings. The van der Waals surface area contributed by atoms with Gasteiger partial charge in [0.25, 0.3) is 0 Å². The lowest BCUT2D eigenvalue weighted by molar-refractivity contribution is 0.146. The molecule has 0 unspecified atom stereocenters. The molecule has 3 rings (SSSR count). The molecule has 0 saturated heterocycles. The summed E-state index contributed by atoms with van der Waals surface area (Å²) in [6, 6.07) is 11.9. The molecule has 2 aromatic heterocycles. The van der Waals surface area contributed by atoms with Gasteiger partial charge in [0.05, 0.1) is 18.5 Å². The van der Waals surface area contributed by atoms with E-state index in [1.165, 1.54) is 0 Å². The molecule has 5 heteroatoms. The summed E-state index contributed by atoms with van der Waals surface area (Å²) in [6.45, 7) is 1.11. The molecule has 0 saturated carbocycles. The average molecular weight is 283 g/mol. The first kappa shape index (κ1) is 13.5. The van der Waals surface area contributed by atoms with E-state index in [0.717, 1.165) is 28.2 Å². The van der Waals surface area contributed by atoms with Gasteiger partial charge in [-0.05, 0) is 24.3 Å². The minimum Gasteiger partial charge on any atom is -0.491 e. The lowest BCUT2D eigenvalue weighted by atomic mass is 10.2. The van der Waals surface area contributed by atoms with E-state index in [9.17, 15) is 0 Å². The molecular weight excluding hydrogens is 266 g/mol. The highest BCUT2D eigenvalue weighted by atomic mass is 16.5. The summed E-state index contributed by atoms with van der Waals surface area (Å²) in [4.78, 5) is 7.43.